The summed E-state index contributed by atoms with van der Waals surface area (Å²) in [6.45, 7) is 1.87. The fourth-order valence-corrected chi connectivity index (χ4v) is 4.40. The molecule has 8 heteroatoms. The van der Waals surface area contributed by atoms with Gasteiger partial charge >= 0.3 is 0 Å². The molecule has 134 valence electrons. The maximum atomic E-state index is 12.6. The number of nitrogen functional groups attached to an aromatic ring is 1. The molecule has 1 aliphatic heterocycles. The standard InChI is InChI=1S/C17H19Cl2N3O2S/c18-12-4-6-14(19)16(10-12)21-25(23,24)13-5-7-17(15(20)11-13)22-8-2-1-3-9-22/h4-7,10-11,21H,1-3,8-9,20H2. The largest absolute Gasteiger partial charge is 0.397 e. The van der Waals surface area contributed by atoms with Crippen molar-refractivity contribution in [2.24, 2.45) is 0 Å². The third-order valence-electron chi connectivity index (χ3n) is 4.18. The lowest BCUT2D eigenvalue weighted by Crippen LogP contribution is -2.30. The maximum absolute atomic E-state index is 12.6. The minimum Gasteiger partial charge on any atom is -0.397 e. The lowest BCUT2D eigenvalue weighted by molar-refractivity contribution is 0.578. The second-order valence-corrected chi connectivity index (χ2v) is 8.52. The van der Waals surface area contributed by atoms with Crippen molar-refractivity contribution in [2.75, 3.05) is 28.4 Å². The number of anilines is 3. The van der Waals surface area contributed by atoms with Crippen LogP contribution in [0.15, 0.2) is 41.3 Å². The molecule has 2 aromatic carbocycles. The number of sulfonamides is 1. The van der Waals surface area contributed by atoms with E-state index in [1.807, 2.05) is 0 Å². The summed E-state index contributed by atoms with van der Waals surface area (Å²) >= 11 is 11.9. The van der Waals surface area contributed by atoms with Crippen molar-refractivity contribution < 1.29 is 8.42 Å². The molecule has 1 fully saturated rings. The summed E-state index contributed by atoms with van der Waals surface area (Å²) in [4.78, 5) is 2.28. The van der Waals surface area contributed by atoms with Crippen LogP contribution in [-0.4, -0.2) is 21.5 Å². The van der Waals surface area contributed by atoms with E-state index in [1.165, 1.54) is 24.6 Å². The number of hydrogen-bond acceptors (Lipinski definition) is 4. The number of rotatable bonds is 4. The van der Waals surface area contributed by atoms with Gasteiger partial charge in [-0.3, -0.25) is 4.72 Å². The molecule has 0 aromatic heterocycles. The minimum atomic E-state index is -3.81. The van der Waals surface area contributed by atoms with Gasteiger partial charge in [0, 0.05) is 18.1 Å². The van der Waals surface area contributed by atoms with E-state index < -0.39 is 10.0 Å². The third kappa shape index (κ3) is 4.14. The highest BCUT2D eigenvalue weighted by atomic mass is 35.5. The van der Waals surface area contributed by atoms with Gasteiger partial charge in [-0.2, -0.15) is 0 Å². The fourth-order valence-electron chi connectivity index (χ4n) is 2.90. The van der Waals surface area contributed by atoms with Gasteiger partial charge in [0.2, 0.25) is 0 Å². The predicted octanol–water partition coefficient (Wildman–Crippen LogP) is 4.37. The van der Waals surface area contributed by atoms with Gasteiger partial charge < -0.3 is 10.6 Å². The van der Waals surface area contributed by atoms with Crippen LogP contribution in [0.1, 0.15) is 19.3 Å². The van der Waals surface area contributed by atoms with Gasteiger partial charge in [-0.1, -0.05) is 23.2 Å². The molecule has 0 amide bonds. The SMILES string of the molecule is Nc1cc(S(=O)(=O)Nc2cc(Cl)ccc2Cl)ccc1N1CCCCC1. The Morgan fingerprint density at radius 3 is 2.40 bits per heavy atom. The average Bonchev–Trinajstić information content (AvgIpc) is 2.58. The van der Waals surface area contributed by atoms with Gasteiger partial charge in [0.1, 0.15) is 0 Å². The van der Waals surface area contributed by atoms with Crippen molar-refractivity contribution in [1.82, 2.24) is 0 Å². The number of hydrogen-bond donors (Lipinski definition) is 2. The molecule has 0 bridgehead atoms. The van der Waals surface area contributed by atoms with Crippen molar-refractivity contribution in [3.8, 4) is 0 Å². The quantitative estimate of drug-likeness (QED) is 0.748. The highest BCUT2D eigenvalue weighted by Crippen LogP contribution is 2.31. The zero-order valence-electron chi connectivity index (χ0n) is 13.5. The number of halogens is 2. The number of nitrogens with one attached hydrogen (secondary N) is 1. The number of piperidine rings is 1. The molecule has 1 heterocycles. The van der Waals surface area contributed by atoms with Gasteiger partial charge in [0.15, 0.2) is 0 Å². The summed E-state index contributed by atoms with van der Waals surface area (Å²) in [6, 6.07) is 9.39. The van der Waals surface area contributed by atoms with E-state index in [0.29, 0.717) is 10.7 Å². The number of nitrogens with two attached hydrogens (primary N) is 1. The van der Waals surface area contributed by atoms with Crippen LogP contribution in [-0.2, 0) is 10.0 Å². The molecule has 0 saturated carbocycles. The van der Waals surface area contributed by atoms with E-state index in [0.717, 1.165) is 31.6 Å². The average molecular weight is 400 g/mol. The molecule has 2 aromatic rings. The van der Waals surface area contributed by atoms with E-state index >= 15 is 0 Å². The fraction of sp³-hybridized carbons (Fsp3) is 0.294. The van der Waals surface area contributed by atoms with Crippen molar-refractivity contribution in [2.45, 2.75) is 24.2 Å². The molecule has 1 saturated heterocycles. The van der Waals surface area contributed by atoms with Gasteiger partial charge in [0.05, 0.1) is 27.0 Å². The highest BCUT2D eigenvalue weighted by molar-refractivity contribution is 7.92. The first-order chi connectivity index (χ1) is 11.9. The van der Waals surface area contributed by atoms with Crippen molar-refractivity contribution >= 4 is 50.3 Å². The highest BCUT2D eigenvalue weighted by Gasteiger charge is 2.19. The lowest BCUT2D eigenvalue weighted by Gasteiger charge is -2.30. The summed E-state index contributed by atoms with van der Waals surface area (Å²) in [7, 11) is -3.81. The molecular weight excluding hydrogens is 381 g/mol. The van der Waals surface area contributed by atoms with Crippen LogP contribution in [0.2, 0.25) is 10.0 Å². The molecular formula is C17H19Cl2N3O2S. The third-order valence-corrected chi connectivity index (χ3v) is 6.11. The van der Waals surface area contributed by atoms with E-state index in [4.69, 9.17) is 28.9 Å². The van der Waals surface area contributed by atoms with Crippen LogP contribution in [0.5, 0.6) is 0 Å². The molecule has 0 spiro atoms. The summed E-state index contributed by atoms with van der Waals surface area (Å²) in [5, 5.41) is 0.660. The van der Waals surface area contributed by atoms with Crippen LogP contribution >= 0.6 is 23.2 Å². The molecule has 1 aliphatic rings. The van der Waals surface area contributed by atoms with Gasteiger partial charge in [-0.05, 0) is 55.7 Å². The summed E-state index contributed by atoms with van der Waals surface area (Å²) in [5.41, 5.74) is 7.67. The first kappa shape index (κ1) is 18.2. The Balaban J connectivity index is 1.87. The van der Waals surface area contributed by atoms with E-state index in [1.54, 1.807) is 18.2 Å². The molecule has 5 nitrogen and oxygen atoms in total. The smallest absolute Gasteiger partial charge is 0.262 e. The second-order valence-electron chi connectivity index (χ2n) is 6.00. The van der Waals surface area contributed by atoms with Crippen LogP contribution in [0.3, 0.4) is 0 Å². The maximum Gasteiger partial charge on any atom is 0.262 e. The molecule has 0 atom stereocenters. The van der Waals surface area contributed by atoms with Gasteiger partial charge in [-0.15, -0.1) is 0 Å². The Morgan fingerprint density at radius 1 is 1.00 bits per heavy atom. The molecule has 3 N–H and O–H groups in total. The Morgan fingerprint density at radius 2 is 1.72 bits per heavy atom. The first-order valence-corrected chi connectivity index (χ1v) is 10.2. The molecule has 0 radical (unpaired) electrons. The van der Waals surface area contributed by atoms with Gasteiger partial charge in [-0.25, -0.2) is 8.42 Å². The summed E-state index contributed by atoms with van der Waals surface area (Å²) in [5.74, 6) is 0. The summed E-state index contributed by atoms with van der Waals surface area (Å²) in [6.07, 6.45) is 3.45. The monoisotopic (exact) mass is 399 g/mol. The second kappa shape index (κ2) is 7.32. The van der Waals surface area contributed by atoms with E-state index in [9.17, 15) is 8.42 Å². The Bertz CT molecular complexity index is 881. The Kier molecular flexibility index (Phi) is 5.32. The topological polar surface area (TPSA) is 75.4 Å². The van der Waals surface area contributed by atoms with Crippen LogP contribution in [0, 0.1) is 0 Å². The van der Waals surface area contributed by atoms with Crippen LogP contribution in [0.4, 0.5) is 17.1 Å². The molecule has 0 aliphatic carbocycles. The predicted molar refractivity (Wildman–Crippen MR) is 104 cm³/mol. The minimum absolute atomic E-state index is 0.0850. The van der Waals surface area contributed by atoms with Crippen molar-refractivity contribution in [3.63, 3.8) is 0 Å². The Labute approximate surface area is 157 Å². The molecule has 0 unspecified atom stereocenters. The normalized spacial score (nSPS) is 15.2. The zero-order valence-corrected chi connectivity index (χ0v) is 15.8. The molecule has 25 heavy (non-hydrogen) atoms. The van der Waals surface area contributed by atoms with Gasteiger partial charge in [0.25, 0.3) is 10.0 Å². The van der Waals surface area contributed by atoms with E-state index in [2.05, 4.69) is 9.62 Å². The van der Waals surface area contributed by atoms with Crippen molar-refractivity contribution in [1.29, 1.82) is 0 Å². The van der Waals surface area contributed by atoms with Crippen molar-refractivity contribution in [3.05, 3.63) is 46.4 Å². The lowest BCUT2D eigenvalue weighted by atomic mass is 10.1. The summed E-state index contributed by atoms with van der Waals surface area (Å²) < 4.78 is 27.7. The van der Waals surface area contributed by atoms with Crippen LogP contribution < -0.4 is 15.4 Å². The first-order valence-electron chi connectivity index (χ1n) is 7.99. The molecule has 3 rings (SSSR count). The van der Waals surface area contributed by atoms with Crippen LogP contribution in [0.25, 0.3) is 0 Å². The zero-order chi connectivity index (χ0) is 18.0. The number of benzene rings is 2. The number of nitrogens with zero attached hydrogens (tertiary/aromatic N) is 1. The van der Waals surface area contributed by atoms with E-state index in [-0.39, 0.29) is 15.6 Å². The Hall–Kier alpha value is -1.63.